The van der Waals surface area contributed by atoms with Crippen LogP contribution in [0.4, 0.5) is 0 Å². The van der Waals surface area contributed by atoms with Crippen molar-refractivity contribution in [3.63, 3.8) is 0 Å². The molecule has 0 radical (unpaired) electrons. The van der Waals surface area contributed by atoms with E-state index in [4.69, 9.17) is 0 Å². The Hall–Kier alpha value is 1.18. The molecule has 0 bridgehead atoms. The van der Waals surface area contributed by atoms with Gasteiger partial charge in [-0.25, -0.2) is 0 Å². The van der Waals surface area contributed by atoms with E-state index in [0.29, 0.717) is 0 Å². The average molecular weight is 215 g/mol. The van der Waals surface area contributed by atoms with Crippen LogP contribution in [0.2, 0.25) is 0 Å². The summed E-state index contributed by atoms with van der Waals surface area (Å²) < 4.78 is 0. The second kappa shape index (κ2) is 8.18. The maximum absolute atomic E-state index is 3.37. The molecule has 0 spiro atoms. The Bertz CT molecular complexity index is 35.4. The molecule has 8 heavy (non-hydrogen) atoms. The lowest BCUT2D eigenvalue weighted by molar-refractivity contribution is 1.50. The largest absolute Gasteiger partial charge is 0.165 e. The Morgan fingerprint density at radius 1 is 1.25 bits per heavy atom. The van der Waals surface area contributed by atoms with E-state index in [1.165, 1.54) is 17.3 Å². The van der Waals surface area contributed by atoms with Crippen molar-refractivity contribution >= 4 is 39.5 Å². The van der Waals surface area contributed by atoms with Crippen molar-refractivity contribution in [1.29, 1.82) is 0 Å². The molecular weight excluding hydrogens is 204 g/mol. The number of alkyl halides is 1. The molecule has 0 atom stereocenters. The van der Waals surface area contributed by atoms with E-state index in [1.807, 2.05) is 23.5 Å². The quantitative estimate of drug-likeness (QED) is 0.510. The van der Waals surface area contributed by atoms with E-state index in [2.05, 4.69) is 22.2 Å². The summed E-state index contributed by atoms with van der Waals surface area (Å²) in [5.41, 5.74) is 0. The molecule has 0 aliphatic carbocycles. The smallest absolute Gasteiger partial charge is 0.0122 e. The topological polar surface area (TPSA) is 0 Å². The molecule has 0 fully saturated rings. The van der Waals surface area contributed by atoms with E-state index in [0.717, 1.165) is 5.33 Å². The van der Waals surface area contributed by atoms with Crippen LogP contribution in [0.5, 0.6) is 0 Å². The van der Waals surface area contributed by atoms with Crippen LogP contribution >= 0.6 is 39.5 Å². The molecule has 0 rings (SSSR count). The van der Waals surface area contributed by atoms with Crippen molar-refractivity contribution in [2.45, 2.75) is 0 Å². The van der Waals surface area contributed by atoms with Crippen molar-refractivity contribution < 1.29 is 0 Å². The first kappa shape index (κ1) is 9.18. The first-order valence-corrected chi connectivity index (χ1v) is 6.21. The lowest BCUT2D eigenvalue weighted by Gasteiger charge is -1.93. The predicted octanol–water partition coefficient (Wildman–Crippen LogP) is 2.48. The molecule has 3 heteroatoms. The summed E-state index contributed by atoms with van der Waals surface area (Å²) >= 11 is 7.30. The van der Waals surface area contributed by atoms with Crippen molar-refractivity contribution in [1.82, 2.24) is 0 Å². The maximum atomic E-state index is 3.37. The Morgan fingerprint density at radius 2 is 2.00 bits per heavy atom. The summed E-state index contributed by atoms with van der Waals surface area (Å²) in [4.78, 5) is 0. The lowest BCUT2D eigenvalue weighted by atomic mass is 10.9. The zero-order valence-corrected chi connectivity index (χ0v) is 8.24. The third kappa shape index (κ3) is 7.18. The fourth-order valence-electron chi connectivity index (χ4n) is 0.299. The van der Waals surface area contributed by atoms with Gasteiger partial charge in [0.1, 0.15) is 0 Å². The monoisotopic (exact) mass is 214 g/mol. The number of rotatable bonds is 5. The highest BCUT2D eigenvalue weighted by Gasteiger charge is 1.84. The van der Waals surface area contributed by atoms with Crippen LogP contribution in [-0.4, -0.2) is 28.8 Å². The molecule has 0 aromatic heterocycles. The molecule has 50 valence electrons. The molecule has 0 aliphatic rings. The van der Waals surface area contributed by atoms with Crippen LogP contribution in [0.15, 0.2) is 0 Å². The zero-order valence-electron chi connectivity index (χ0n) is 5.02. The van der Waals surface area contributed by atoms with Gasteiger partial charge in [-0.3, -0.25) is 0 Å². The Kier molecular flexibility index (Phi) is 9.39. The van der Waals surface area contributed by atoms with Crippen LogP contribution < -0.4 is 0 Å². The first-order chi connectivity index (χ1) is 3.91. The van der Waals surface area contributed by atoms with Gasteiger partial charge in [0.2, 0.25) is 0 Å². The van der Waals surface area contributed by atoms with Crippen LogP contribution in [0.25, 0.3) is 0 Å². The maximum Gasteiger partial charge on any atom is 0.0122 e. The van der Waals surface area contributed by atoms with Crippen LogP contribution in [0.3, 0.4) is 0 Å². The van der Waals surface area contributed by atoms with Gasteiger partial charge in [-0.1, -0.05) is 15.9 Å². The number of halogens is 1. The van der Waals surface area contributed by atoms with Gasteiger partial charge in [0.05, 0.1) is 0 Å². The third-order valence-corrected chi connectivity index (χ3v) is 3.43. The van der Waals surface area contributed by atoms with E-state index < -0.39 is 0 Å². The second-order valence-corrected chi connectivity index (χ2v) is 4.30. The average Bonchev–Trinajstić information content (AvgIpc) is 1.81. The molecule has 0 amide bonds. The van der Waals surface area contributed by atoms with E-state index in [9.17, 15) is 0 Å². The molecule has 0 N–H and O–H groups in total. The molecule has 0 heterocycles. The SMILES string of the molecule is CSCCSCCBr. The number of hydrogen-bond donors (Lipinski definition) is 0. The minimum atomic E-state index is 1.13. The van der Waals surface area contributed by atoms with E-state index >= 15 is 0 Å². The summed E-state index contributed by atoms with van der Waals surface area (Å²) in [7, 11) is 0. The third-order valence-electron chi connectivity index (χ3n) is 0.653. The van der Waals surface area contributed by atoms with Crippen LogP contribution in [0, 0.1) is 0 Å². The van der Waals surface area contributed by atoms with Gasteiger partial charge in [-0.2, -0.15) is 23.5 Å². The zero-order chi connectivity index (χ0) is 6.24. The number of thioether (sulfide) groups is 2. The molecule has 0 aromatic carbocycles. The molecule has 0 unspecified atom stereocenters. The van der Waals surface area contributed by atoms with Crippen molar-refractivity contribution in [2.75, 3.05) is 28.8 Å². The van der Waals surface area contributed by atoms with Gasteiger partial charge >= 0.3 is 0 Å². The van der Waals surface area contributed by atoms with Gasteiger partial charge in [-0.05, 0) is 6.26 Å². The fourth-order valence-corrected chi connectivity index (χ4v) is 2.44. The van der Waals surface area contributed by atoms with Gasteiger partial charge in [-0.15, -0.1) is 0 Å². The summed E-state index contributed by atoms with van der Waals surface area (Å²) in [5, 5.41) is 1.13. The molecule has 0 aliphatic heterocycles. The summed E-state index contributed by atoms with van der Waals surface area (Å²) in [6.07, 6.45) is 2.15. The standard InChI is InChI=1S/C5H11BrS2/c1-7-4-5-8-3-2-6/h2-5H2,1H3. The van der Waals surface area contributed by atoms with Crippen molar-refractivity contribution in [3.8, 4) is 0 Å². The second-order valence-electron chi connectivity index (χ2n) is 1.29. The van der Waals surface area contributed by atoms with Gasteiger partial charge in [0.15, 0.2) is 0 Å². The van der Waals surface area contributed by atoms with Gasteiger partial charge < -0.3 is 0 Å². The van der Waals surface area contributed by atoms with Crippen LogP contribution in [-0.2, 0) is 0 Å². The highest BCUT2D eigenvalue weighted by molar-refractivity contribution is 9.09. The normalized spacial score (nSPS) is 9.75. The molecular formula is C5H11BrS2. The minimum absolute atomic E-state index is 1.13. The number of hydrogen-bond acceptors (Lipinski definition) is 2. The molecule has 0 nitrogen and oxygen atoms in total. The Balaban J connectivity index is 2.53. The molecule has 0 saturated carbocycles. The van der Waals surface area contributed by atoms with Crippen molar-refractivity contribution in [3.05, 3.63) is 0 Å². The summed E-state index contributed by atoms with van der Waals surface area (Å²) in [5.74, 6) is 3.84. The summed E-state index contributed by atoms with van der Waals surface area (Å²) in [6, 6.07) is 0. The van der Waals surface area contributed by atoms with Gasteiger partial charge in [0.25, 0.3) is 0 Å². The van der Waals surface area contributed by atoms with Crippen LogP contribution in [0.1, 0.15) is 0 Å². The minimum Gasteiger partial charge on any atom is -0.165 e. The Labute approximate surface area is 68.3 Å². The highest BCUT2D eigenvalue weighted by Crippen LogP contribution is 2.04. The molecule has 0 saturated heterocycles. The van der Waals surface area contributed by atoms with E-state index in [-0.39, 0.29) is 0 Å². The Morgan fingerprint density at radius 3 is 2.50 bits per heavy atom. The van der Waals surface area contributed by atoms with Crippen molar-refractivity contribution in [2.24, 2.45) is 0 Å². The summed E-state index contributed by atoms with van der Waals surface area (Å²) in [6.45, 7) is 0. The lowest BCUT2D eigenvalue weighted by Crippen LogP contribution is -1.85. The highest BCUT2D eigenvalue weighted by atomic mass is 79.9. The van der Waals surface area contributed by atoms with Gasteiger partial charge in [0, 0.05) is 22.6 Å². The predicted molar refractivity (Wildman–Crippen MR) is 49.5 cm³/mol. The fraction of sp³-hybridized carbons (Fsp3) is 1.00. The molecule has 0 aromatic rings. The van der Waals surface area contributed by atoms with E-state index in [1.54, 1.807) is 0 Å². The first-order valence-electron chi connectivity index (χ1n) is 2.54.